The number of hydrogen-bond acceptors (Lipinski definition) is 2. The van der Waals surface area contributed by atoms with Crippen molar-refractivity contribution in [3.8, 4) is 0 Å². The van der Waals surface area contributed by atoms with Gasteiger partial charge in [-0.25, -0.2) is 0 Å². The van der Waals surface area contributed by atoms with E-state index < -0.39 is 0 Å². The van der Waals surface area contributed by atoms with E-state index in [1.807, 2.05) is 0 Å². The Balaban J connectivity index is 3.15. The molecule has 2 heteroatoms. The third kappa shape index (κ3) is 23.4. The van der Waals surface area contributed by atoms with Gasteiger partial charge in [-0.2, -0.15) is 0 Å². The van der Waals surface area contributed by atoms with Crippen molar-refractivity contribution in [1.82, 2.24) is 0 Å². The molecule has 0 unspecified atom stereocenters. The molecule has 0 spiro atoms. The number of ether oxygens (including phenoxy) is 1. The molecule has 0 amide bonds. The fourth-order valence-corrected chi connectivity index (χ4v) is 3.55. The van der Waals surface area contributed by atoms with E-state index in [0.717, 1.165) is 18.8 Å². The van der Waals surface area contributed by atoms with Crippen LogP contribution in [0.3, 0.4) is 0 Å². The van der Waals surface area contributed by atoms with Gasteiger partial charge < -0.3 is 4.74 Å². The van der Waals surface area contributed by atoms with Gasteiger partial charge in [0.05, 0.1) is 6.61 Å². The van der Waals surface area contributed by atoms with Gasteiger partial charge in [0.15, 0.2) is 0 Å². The molecule has 0 heterocycles. The van der Waals surface area contributed by atoms with Crippen LogP contribution in [0, 0.1) is 5.92 Å². The predicted molar refractivity (Wildman–Crippen MR) is 119 cm³/mol. The van der Waals surface area contributed by atoms with Crippen LogP contribution in [0.25, 0.3) is 0 Å². The highest BCUT2D eigenvalue weighted by atomic mass is 16.5. The molecule has 0 saturated heterocycles. The molecule has 0 aliphatic rings. The highest BCUT2D eigenvalue weighted by Gasteiger charge is 2.02. The third-order valence-corrected chi connectivity index (χ3v) is 5.42. The van der Waals surface area contributed by atoms with Crippen LogP contribution in [0.5, 0.6) is 0 Å². The summed E-state index contributed by atoms with van der Waals surface area (Å²) in [5.41, 5.74) is 0. The van der Waals surface area contributed by atoms with E-state index >= 15 is 0 Å². The Hall–Kier alpha value is -0.530. The van der Waals surface area contributed by atoms with Gasteiger partial charge in [0.25, 0.3) is 0 Å². The zero-order chi connectivity index (χ0) is 20.0. The molecule has 27 heavy (non-hydrogen) atoms. The molecule has 0 saturated carbocycles. The van der Waals surface area contributed by atoms with Gasteiger partial charge in [-0.15, -0.1) is 0 Å². The zero-order valence-corrected chi connectivity index (χ0v) is 19.0. The number of carbonyl (C=O) groups excluding carboxylic acids is 1. The fraction of sp³-hybridized carbons (Fsp3) is 0.960. The second-order valence-corrected chi connectivity index (χ2v) is 8.81. The van der Waals surface area contributed by atoms with Crippen molar-refractivity contribution < 1.29 is 9.53 Å². The molecule has 0 aliphatic carbocycles. The molecule has 2 nitrogen and oxygen atoms in total. The lowest BCUT2D eigenvalue weighted by atomic mass is 10.0. The molecule has 0 N–H and O–H groups in total. The second kappa shape index (κ2) is 21.8. The second-order valence-electron chi connectivity index (χ2n) is 8.81. The lowest BCUT2D eigenvalue weighted by Crippen LogP contribution is -2.05. The van der Waals surface area contributed by atoms with Crippen LogP contribution in [0.4, 0.5) is 0 Å². The summed E-state index contributed by atoms with van der Waals surface area (Å²) in [6.07, 6.45) is 24.1. The number of unbranched alkanes of at least 4 members (excludes halogenated alkanes) is 15. The highest BCUT2D eigenvalue weighted by molar-refractivity contribution is 5.69. The molecule has 0 aromatic heterocycles. The maximum absolute atomic E-state index is 11.7. The van der Waals surface area contributed by atoms with Gasteiger partial charge in [-0.1, -0.05) is 124 Å². The van der Waals surface area contributed by atoms with Gasteiger partial charge in [0.1, 0.15) is 0 Å². The monoisotopic (exact) mass is 382 g/mol. The van der Waals surface area contributed by atoms with Crippen LogP contribution in [0.2, 0.25) is 0 Å². The van der Waals surface area contributed by atoms with Crippen molar-refractivity contribution in [3.05, 3.63) is 0 Å². The molecule has 0 rings (SSSR count). The lowest BCUT2D eigenvalue weighted by molar-refractivity contribution is -0.143. The summed E-state index contributed by atoms with van der Waals surface area (Å²) in [5, 5.41) is 0. The van der Waals surface area contributed by atoms with Crippen molar-refractivity contribution >= 4 is 5.97 Å². The van der Waals surface area contributed by atoms with Gasteiger partial charge >= 0.3 is 5.97 Å². The average molecular weight is 383 g/mol. The number of carbonyl (C=O) groups is 1. The van der Waals surface area contributed by atoms with Crippen LogP contribution in [0.15, 0.2) is 0 Å². The standard InChI is InChI=1S/C25H50O2/c1-4-5-6-7-8-9-10-14-17-20-23-27-25(26)22-19-16-13-11-12-15-18-21-24(2)3/h24H,4-23H2,1-3H3. The summed E-state index contributed by atoms with van der Waals surface area (Å²) in [7, 11) is 0. The van der Waals surface area contributed by atoms with Crippen molar-refractivity contribution in [1.29, 1.82) is 0 Å². The van der Waals surface area contributed by atoms with Crippen molar-refractivity contribution in [2.24, 2.45) is 5.92 Å². The molecule has 0 aromatic rings. The van der Waals surface area contributed by atoms with E-state index in [2.05, 4.69) is 20.8 Å². The highest BCUT2D eigenvalue weighted by Crippen LogP contribution is 2.13. The maximum Gasteiger partial charge on any atom is 0.305 e. The Morgan fingerprint density at radius 1 is 0.630 bits per heavy atom. The molecule has 0 bridgehead atoms. The van der Waals surface area contributed by atoms with E-state index in [9.17, 15) is 4.79 Å². The molecule has 0 aromatic carbocycles. The zero-order valence-electron chi connectivity index (χ0n) is 19.0. The topological polar surface area (TPSA) is 26.3 Å². The smallest absolute Gasteiger partial charge is 0.305 e. The van der Waals surface area contributed by atoms with Crippen LogP contribution < -0.4 is 0 Å². The summed E-state index contributed by atoms with van der Waals surface area (Å²) in [5.74, 6) is 0.860. The van der Waals surface area contributed by atoms with Crippen LogP contribution in [0.1, 0.15) is 143 Å². The van der Waals surface area contributed by atoms with E-state index in [4.69, 9.17) is 4.74 Å². The Kier molecular flexibility index (Phi) is 21.3. The first-order chi connectivity index (χ1) is 13.2. The number of esters is 1. The van der Waals surface area contributed by atoms with Crippen LogP contribution >= 0.6 is 0 Å². The first-order valence-corrected chi connectivity index (χ1v) is 12.3. The van der Waals surface area contributed by atoms with E-state index in [1.165, 1.54) is 103 Å². The first kappa shape index (κ1) is 26.5. The Bertz CT molecular complexity index is 299. The minimum atomic E-state index is 0.0165. The molecule has 0 fully saturated rings. The Morgan fingerprint density at radius 2 is 1.07 bits per heavy atom. The van der Waals surface area contributed by atoms with Gasteiger partial charge in [-0.05, 0) is 18.8 Å². The molecular formula is C25H50O2. The van der Waals surface area contributed by atoms with E-state index in [-0.39, 0.29) is 5.97 Å². The van der Waals surface area contributed by atoms with Crippen LogP contribution in [-0.4, -0.2) is 12.6 Å². The molecule has 0 atom stereocenters. The Morgan fingerprint density at radius 3 is 1.59 bits per heavy atom. The average Bonchev–Trinajstić information content (AvgIpc) is 2.64. The molecule has 0 aliphatic heterocycles. The van der Waals surface area contributed by atoms with Crippen molar-refractivity contribution in [2.45, 2.75) is 143 Å². The molecular weight excluding hydrogens is 332 g/mol. The van der Waals surface area contributed by atoms with Gasteiger partial charge in [0.2, 0.25) is 0 Å². The predicted octanol–water partition coefficient (Wildman–Crippen LogP) is 8.62. The van der Waals surface area contributed by atoms with E-state index in [0.29, 0.717) is 13.0 Å². The minimum absolute atomic E-state index is 0.0165. The third-order valence-electron chi connectivity index (χ3n) is 5.42. The Labute approximate surface area is 171 Å². The fourth-order valence-electron chi connectivity index (χ4n) is 3.55. The first-order valence-electron chi connectivity index (χ1n) is 12.3. The summed E-state index contributed by atoms with van der Waals surface area (Å²) < 4.78 is 5.36. The normalized spacial score (nSPS) is 11.3. The van der Waals surface area contributed by atoms with Crippen molar-refractivity contribution in [2.75, 3.05) is 6.61 Å². The summed E-state index contributed by atoms with van der Waals surface area (Å²) in [6.45, 7) is 7.50. The molecule has 162 valence electrons. The number of hydrogen-bond donors (Lipinski definition) is 0. The van der Waals surface area contributed by atoms with Gasteiger partial charge in [0, 0.05) is 6.42 Å². The quantitative estimate of drug-likeness (QED) is 0.147. The van der Waals surface area contributed by atoms with E-state index in [1.54, 1.807) is 0 Å². The summed E-state index contributed by atoms with van der Waals surface area (Å²) in [6, 6.07) is 0. The van der Waals surface area contributed by atoms with Crippen LogP contribution in [-0.2, 0) is 9.53 Å². The maximum atomic E-state index is 11.7. The van der Waals surface area contributed by atoms with Gasteiger partial charge in [-0.3, -0.25) is 4.79 Å². The lowest BCUT2D eigenvalue weighted by Gasteiger charge is -2.06. The SMILES string of the molecule is CCCCCCCCCCCCOC(=O)CCCCCCCCCC(C)C. The van der Waals surface area contributed by atoms with Crippen molar-refractivity contribution in [3.63, 3.8) is 0 Å². The number of rotatable bonds is 21. The molecule has 0 radical (unpaired) electrons. The largest absolute Gasteiger partial charge is 0.466 e. The summed E-state index contributed by atoms with van der Waals surface area (Å²) >= 11 is 0. The summed E-state index contributed by atoms with van der Waals surface area (Å²) in [4.78, 5) is 11.7. The minimum Gasteiger partial charge on any atom is -0.466 e.